The van der Waals surface area contributed by atoms with Crippen molar-refractivity contribution < 1.29 is 23.8 Å². The molecule has 0 fully saturated rings. The van der Waals surface area contributed by atoms with Crippen LogP contribution in [0.4, 0.5) is 0 Å². The van der Waals surface area contributed by atoms with Crippen molar-refractivity contribution in [2.24, 2.45) is 0 Å². The fourth-order valence-corrected chi connectivity index (χ4v) is 2.69. The van der Waals surface area contributed by atoms with Crippen LogP contribution in [0.3, 0.4) is 0 Å². The summed E-state index contributed by atoms with van der Waals surface area (Å²) in [5, 5.41) is 2.68. The van der Waals surface area contributed by atoms with Gasteiger partial charge in [0, 0.05) is 12.6 Å². The highest BCUT2D eigenvalue weighted by atomic mass is 16.7. The molecule has 8 heteroatoms. The van der Waals surface area contributed by atoms with Gasteiger partial charge in [0.2, 0.25) is 6.79 Å². The highest BCUT2D eigenvalue weighted by molar-refractivity contribution is 5.89. The minimum absolute atomic E-state index is 0.194. The van der Waals surface area contributed by atoms with Gasteiger partial charge in [-0.15, -0.1) is 0 Å². The summed E-state index contributed by atoms with van der Waals surface area (Å²) in [4.78, 5) is 32.3. The Kier molecular flexibility index (Phi) is 5.33. The van der Waals surface area contributed by atoms with Crippen LogP contribution < -0.4 is 14.8 Å². The highest BCUT2D eigenvalue weighted by Crippen LogP contribution is 2.32. The summed E-state index contributed by atoms with van der Waals surface area (Å²) in [6.45, 7) is 0.103. The third-order valence-corrected chi connectivity index (χ3v) is 4.13. The van der Waals surface area contributed by atoms with Crippen molar-refractivity contribution in [1.82, 2.24) is 15.3 Å². The van der Waals surface area contributed by atoms with Gasteiger partial charge < -0.3 is 19.5 Å². The molecule has 0 radical (unpaired) electrons. The molecule has 146 valence electrons. The first kappa shape index (κ1) is 18.4. The molecule has 0 spiro atoms. The van der Waals surface area contributed by atoms with Gasteiger partial charge in [-0.05, 0) is 35.9 Å². The van der Waals surface area contributed by atoms with Gasteiger partial charge in [0.1, 0.15) is 0 Å². The van der Waals surface area contributed by atoms with Gasteiger partial charge in [-0.3, -0.25) is 9.78 Å². The second kappa shape index (κ2) is 8.39. The molecule has 0 atom stereocenters. The molecule has 0 aliphatic carbocycles. The van der Waals surface area contributed by atoms with Crippen molar-refractivity contribution in [3.63, 3.8) is 0 Å². The molecular formula is C21H17N3O5. The first-order valence-corrected chi connectivity index (χ1v) is 8.89. The fraction of sp³-hybridized carbons (Fsp3) is 0.143. The lowest BCUT2D eigenvalue weighted by molar-refractivity contribution is -0.143. The Morgan fingerprint density at radius 2 is 1.93 bits per heavy atom. The predicted molar refractivity (Wildman–Crippen MR) is 104 cm³/mol. The fourth-order valence-electron chi connectivity index (χ4n) is 2.69. The molecule has 0 bridgehead atoms. The largest absolute Gasteiger partial charge is 0.454 e. The minimum Gasteiger partial charge on any atom is -0.454 e. The molecule has 3 aromatic rings. The number of carbonyl (C=O) groups excluding carboxylic acids is 2. The van der Waals surface area contributed by atoms with Crippen molar-refractivity contribution in [3.8, 4) is 11.5 Å². The van der Waals surface area contributed by atoms with E-state index in [2.05, 4.69) is 15.3 Å². The molecule has 29 heavy (non-hydrogen) atoms. The van der Waals surface area contributed by atoms with Crippen molar-refractivity contribution in [1.29, 1.82) is 0 Å². The van der Waals surface area contributed by atoms with E-state index in [1.165, 1.54) is 12.2 Å². The average Bonchev–Trinajstić information content (AvgIpc) is 3.22. The Hall–Kier alpha value is -3.94. The quantitative estimate of drug-likeness (QED) is 0.508. The summed E-state index contributed by atoms with van der Waals surface area (Å²) in [7, 11) is 0. The Morgan fingerprint density at radius 3 is 2.83 bits per heavy atom. The van der Waals surface area contributed by atoms with Gasteiger partial charge in [0.05, 0.1) is 22.9 Å². The monoisotopic (exact) mass is 391 g/mol. The zero-order valence-corrected chi connectivity index (χ0v) is 15.3. The highest BCUT2D eigenvalue weighted by Gasteiger charge is 2.13. The van der Waals surface area contributed by atoms with Gasteiger partial charge in [0.25, 0.3) is 5.91 Å². The lowest BCUT2D eigenvalue weighted by atomic mass is 10.2. The van der Waals surface area contributed by atoms with E-state index in [1.54, 1.807) is 18.3 Å². The summed E-state index contributed by atoms with van der Waals surface area (Å²) in [6, 6.07) is 12.8. The van der Waals surface area contributed by atoms with Crippen LogP contribution in [0.5, 0.6) is 11.5 Å². The van der Waals surface area contributed by atoms with Crippen molar-refractivity contribution >= 4 is 29.0 Å². The molecule has 2 aromatic carbocycles. The van der Waals surface area contributed by atoms with Crippen LogP contribution in [0, 0.1) is 0 Å². The van der Waals surface area contributed by atoms with Crippen LogP contribution in [0.1, 0.15) is 11.3 Å². The summed E-state index contributed by atoms with van der Waals surface area (Å²) in [5.41, 5.74) is 2.87. The maximum absolute atomic E-state index is 11.9. The van der Waals surface area contributed by atoms with E-state index in [1.807, 2.05) is 30.3 Å². The average molecular weight is 391 g/mol. The smallest absolute Gasteiger partial charge is 0.331 e. The summed E-state index contributed by atoms with van der Waals surface area (Å²) in [5.74, 6) is 0.273. The molecule has 1 aliphatic rings. The number of hydrogen-bond donors (Lipinski definition) is 1. The second-order valence-corrected chi connectivity index (χ2v) is 6.19. The number of carbonyl (C=O) groups is 2. The van der Waals surface area contributed by atoms with Crippen LogP contribution in [-0.4, -0.2) is 35.2 Å². The zero-order chi connectivity index (χ0) is 20.1. The molecule has 1 aromatic heterocycles. The molecule has 8 nitrogen and oxygen atoms in total. The van der Waals surface area contributed by atoms with Crippen LogP contribution in [0.25, 0.3) is 17.1 Å². The molecule has 0 saturated heterocycles. The number of amides is 1. The van der Waals surface area contributed by atoms with Gasteiger partial charge in [0.15, 0.2) is 18.1 Å². The van der Waals surface area contributed by atoms with Crippen LogP contribution >= 0.6 is 0 Å². The van der Waals surface area contributed by atoms with Gasteiger partial charge in [-0.2, -0.15) is 0 Å². The van der Waals surface area contributed by atoms with E-state index in [9.17, 15) is 9.59 Å². The molecule has 0 unspecified atom stereocenters. The molecule has 1 aliphatic heterocycles. The predicted octanol–water partition coefficient (Wildman–Crippen LogP) is 2.23. The Labute approximate surface area is 166 Å². The van der Waals surface area contributed by atoms with E-state index < -0.39 is 11.9 Å². The van der Waals surface area contributed by atoms with E-state index in [0.717, 1.165) is 16.6 Å². The van der Waals surface area contributed by atoms with Crippen LogP contribution in [-0.2, 0) is 20.9 Å². The first-order valence-electron chi connectivity index (χ1n) is 8.89. The SMILES string of the molecule is O=C(COC(=O)/C=C/c1cnc2ccccc2n1)NCc1ccc2c(c1)OCO2. The number of esters is 1. The summed E-state index contributed by atoms with van der Waals surface area (Å²) >= 11 is 0. The topological polar surface area (TPSA) is 99.6 Å². The van der Waals surface area contributed by atoms with E-state index in [-0.39, 0.29) is 19.9 Å². The van der Waals surface area contributed by atoms with Crippen LogP contribution in [0.2, 0.25) is 0 Å². The summed E-state index contributed by atoms with van der Waals surface area (Å²) in [6.07, 6.45) is 4.26. The lowest BCUT2D eigenvalue weighted by Gasteiger charge is -2.06. The van der Waals surface area contributed by atoms with E-state index in [4.69, 9.17) is 14.2 Å². The third kappa shape index (κ3) is 4.67. The molecular weight excluding hydrogens is 374 g/mol. The van der Waals surface area contributed by atoms with Gasteiger partial charge in [-0.25, -0.2) is 9.78 Å². The number of hydrogen-bond acceptors (Lipinski definition) is 7. The number of aromatic nitrogens is 2. The van der Waals surface area contributed by atoms with Crippen molar-refractivity contribution in [3.05, 3.63) is 66.0 Å². The molecule has 2 heterocycles. The Bertz CT molecular complexity index is 1100. The number of para-hydroxylation sites is 2. The van der Waals surface area contributed by atoms with Crippen LogP contribution in [0.15, 0.2) is 54.7 Å². The number of benzene rings is 2. The second-order valence-electron chi connectivity index (χ2n) is 6.19. The summed E-state index contributed by atoms with van der Waals surface area (Å²) < 4.78 is 15.5. The van der Waals surface area contributed by atoms with Crippen molar-refractivity contribution in [2.75, 3.05) is 13.4 Å². The van der Waals surface area contributed by atoms with E-state index in [0.29, 0.717) is 17.2 Å². The lowest BCUT2D eigenvalue weighted by Crippen LogP contribution is -2.28. The number of fused-ring (bicyclic) bond motifs is 2. The zero-order valence-electron chi connectivity index (χ0n) is 15.3. The number of rotatable bonds is 6. The standard InChI is InChI=1S/C21H17N3O5/c25-20(23-10-14-5-7-18-19(9-14)29-13-28-18)12-27-21(26)8-6-15-11-22-16-3-1-2-4-17(16)24-15/h1-9,11H,10,12-13H2,(H,23,25)/b8-6+. The third-order valence-electron chi connectivity index (χ3n) is 4.13. The first-order chi connectivity index (χ1) is 14.2. The molecule has 4 rings (SSSR count). The maximum Gasteiger partial charge on any atom is 0.331 e. The number of nitrogens with one attached hydrogen (secondary N) is 1. The normalized spacial score (nSPS) is 12.3. The van der Waals surface area contributed by atoms with Gasteiger partial charge in [-0.1, -0.05) is 18.2 Å². The van der Waals surface area contributed by atoms with E-state index >= 15 is 0 Å². The number of nitrogens with zero attached hydrogens (tertiary/aromatic N) is 2. The maximum atomic E-state index is 11.9. The molecule has 1 N–H and O–H groups in total. The Balaban J connectivity index is 1.24. The van der Waals surface area contributed by atoms with Gasteiger partial charge >= 0.3 is 5.97 Å². The van der Waals surface area contributed by atoms with Crippen molar-refractivity contribution in [2.45, 2.75) is 6.54 Å². The molecule has 1 amide bonds. The molecule has 0 saturated carbocycles. The minimum atomic E-state index is -0.641. The Morgan fingerprint density at radius 1 is 1.10 bits per heavy atom. The number of ether oxygens (including phenoxy) is 3.